The van der Waals surface area contributed by atoms with Crippen molar-refractivity contribution in [1.29, 1.82) is 0 Å². The molecule has 0 N–H and O–H groups in total. The quantitative estimate of drug-likeness (QED) is 0.537. The van der Waals surface area contributed by atoms with Crippen LogP contribution in [0, 0.1) is 13.8 Å². The molecular formula is C24H32N2OS2. The number of hydrogen-bond donors (Lipinski definition) is 0. The van der Waals surface area contributed by atoms with Gasteiger partial charge in [-0.3, -0.25) is 9.78 Å². The molecule has 3 nitrogen and oxygen atoms in total. The highest BCUT2D eigenvalue weighted by molar-refractivity contribution is 8.04. The first-order valence-corrected chi connectivity index (χ1v) is 12.4. The first-order chi connectivity index (χ1) is 14.0. The van der Waals surface area contributed by atoms with E-state index < -0.39 is 0 Å². The molecule has 2 aromatic rings. The maximum absolute atomic E-state index is 12.8. The van der Waals surface area contributed by atoms with Gasteiger partial charge >= 0.3 is 0 Å². The largest absolute Gasteiger partial charge is 0.337 e. The number of pyridine rings is 1. The SMILES string of the molecule is Cc1ccc(SC2CCCCC2SCC(=O)N(C)C(C)c2ccccn2)c(C)c1. The van der Waals surface area contributed by atoms with Crippen LogP contribution in [0.3, 0.4) is 0 Å². The molecule has 1 heterocycles. The lowest BCUT2D eigenvalue weighted by molar-refractivity contribution is -0.129. The van der Waals surface area contributed by atoms with Crippen molar-refractivity contribution in [2.24, 2.45) is 0 Å². The third-order valence-electron chi connectivity index (χ3n) is 5.76. The molecule has 1 amide bonds. The Kier molecular flexibility index (Phi) is 8.07. The molecule has 1 aliphatic rings. The van der Waals surface area contributed by atoms with Crippen LogP contribution >= 0.6 is 23.5 Å². The van der Waals surface area contributed by atoms with Crippen molar-refractivity contribution in [3.05, 3.63) is 59.4 Å². The van der Waals surface area contributed by atoms with Gasteiger partial charge in [0.15, 0.2) is 0 Å². The van der Waals surface area contributed by atoms with Crippen molar-refractivity contribution in [2.75, 3.05) is 12.8 Å². The minimum absolute atomic E-state index is 0.00367. The highest BCUT2D eigenvalue weighted by atomic mass is 32.2. The number of aryl methyl sites for hydroxylation is 2. The van der Waals surface area contributed by atoms with Crippen LogP contribution < -0.4 is 0 Å². The van der Waals surface area contributed by atoms with Gasteiger partial charge in [0, 0.05) is 28.6 Å². The van der Waals surface area contributed by atoms with E-state index in [1.165, 1.54) is 41.7 Å². The molecule has 1 aromatic carbocycles. The van der Waals surface area contributed by atoms with Crippen LogP contribution in [-0.4, -0.2) is 39.1 Å². The number of amides is 1. The predicted molar refractivity (Wildman–Crippen MR) is 126 cm³/mol. The molecule has 1 saturated carbocycles. The van der Waals surface area contributed by atoms with E-state index in [-0.39, 0.29) is 11.9 Å². The molecule has 0 aliphatic heterocycles. The van der Waals surface area contributed by atoms with Crippen LogP contribution in [-0.2, 0) is 4.79 Å². The summed E-state index contributed by atoms with van der Waals surface area (Å²) < 4.78 is 0. The van der Waals surface area contributed by atoms with E-state index in [1.54, 1.807) is 6.20 Å². The molecule has 1 fully saturated rings. The molecule has 1 aromatic heterocycles. The summed E-state index contributed by atoms with van der Waals surface area (Å²) >= 11 is 3.87. The molecule has 0 saturated heterocycles. The zero-order valence-corrected chi connectivity index (χ0v) is 19.6. The van der Waals surface area contributed by atoms with Gasteiger partial charge in [-0.05, 0) is 57.4 Å². The monoisotopic (exact) mass is 428 g/mol. The summed E-state index contributed by atoms with van der Waals surface area (Å²) in [7, 11) is 1.89. The van der Waals surface area contributed by atoms with E-state index in [0.29, 0.717) is 16.3 Å². The first kappa shape index (κ1) is 22.2. The van der Waals surface area contributed by atoms with Crippen LogP contribution in [0.4, 0.5) is 0 Å². The molecule has 0 spiro atoms. The smallest absolute Gasteiger partial charge is 0.232 e. The van der Waals surface area contributed by atoms with Gasteiger partial charge in [0.25, 0.3) is 0 Å². The van der Waals surface area contributed by atoms with Gasteiger partial charge in [0.2, 0.25) is 5.91 Å². The van der Waals surface area contributed by atoms with Crippen LogP contribution in [0.1, 0.15) is 55.5 Å². The lowest BCUT2D eigenvalue weighted by atomic mass is 10.00. The van der Waals surface area contributed by atoms with Crippen molar-refractivity contribution in [3.63, 3.8) is 0 Å². The van der Waals surface area contributed by atoms with Crippen molar-refractivity contribution in [3.8, 4) is 0 Å². The first-order valence-electron chi connectivity index (χ1n) is 10.5. The Morgan fingerprint density at radius 3 is 2.62 bits per heavy atom. The van der Waals surface area contributed by atoms with Crippen LogP contribution in [0.25, 0.3) is 0 Å². The summed E-state index contributed by atoms with van der Waals surface area (Å²) in [4.78, 5) is 20.5. The van der Waals surface area contributed by atoms with Gasteiger partial charge in [-0.2, -0.15) is 0 Å². The van der Waals surface area contributed by atoms with Crippen molar-refractivity contribution in [1.82, 2.24) is 9.88 Å². The van der Waals surface area contributed by atoms with Gasteiger partial charge in [-0.25, -0.2) is 0 Å². The molecule has 3 rings (SSSR count). The number of nitrogens with zero attached hydrogens (tertiary/aromatic N) is 2. The molecule has 0 radical (unpaired) electrons. The second-order valence-corrected chi connectivity index (χ2v) is 10.5. The molecule has 5 heteroatoms. The minimum atomic E-state index is -0.00367. The number of rotatable bonds is 7. The maximum Gasteiger partial charge on any atom is 0.232 e. The summed E-state index contributed by atoms with van der Waals surface area (Å²) in [5, 5.41) is 1.12. The number of thioether (sulfide) groups is 2. The summed E-state index contributed by atoms with van der Waals surface area (Å²) in [6, 6.07) is 12.6. The highest BCUT2D eigenvalue weighted by Gasteiger charge is 2.28. The third kappa shape index (κ3) is 6.02. The fraction of sp³-hybridized carbons (Fsp3) is 0.500. The van der Waals surface area contributed by atoms with Crippen LogP contribution in [0.15, 0.2) is 47.5 Å². The van der Waals surface area contributed by atoms with E-state index in [0.717, 1.165) is 5.69 Å². The fourth-order valence-corrected chi connectivity index (χ4v) is 6.74. The average molecular weight is 429 g/mol. The summed E-state index contributed by atoms with van der Waals surface area (Å²) in [6.45, 7) is 6.40. The number of hydrogen-bond acceptors (Lipinski definition) is 4. The van der Waals surface area contributed by atoms with E-state index >= 15 is 0 Å². The molecule has 3 atom stereocenters. The minimum Gasteiger partial charge on any atom is -0.337 e. The summed E-state index contributed by atoms with van der Waals surface area (Å²) in [5.41, 5.74) is 3.62. The Labute approximate surface area is 184 Å². The second kappa shape index (κ2) is 10.5. The second-order valence-electron chi connectivity index (χ2n) is 7.99. The summed E-state index contributed by atoms with van der Waals surface area (Å²) in [5.74, 6) is 0.733. The Bertz CT molecular complexity index is 812. The van der Waals surface area contributed by atoms with Crippen LogP contribution in [0.2, 0.25) is 0 Å². The molecule has 156 valence electrons. The van der Waals surface area contributed by atoms with Crippen molar-refractivity contribution >= 4 is 29.4 Å². The Morgan fingerprint density at radius 2 is 1.93 bits per heavy atom. The topological polar surface area (TPSA) is 33.2 Å². The third-order valence-corrected chi connectivity index (χ3v) is 8.92. The van der Waals surface area contributed by atoms with Gasteiger partial charge in [-0.15, -0.1) is 23.5 Å². The summed E-state index contributed by atoms with van der Waals surface area (Å²) in [6.07, 6.45) is 6.81. The maximum atomic E-state index is 12.8. The zero-order valence-electron chi connectivity index (χ0n) is 17.9. The fourth-order valence-electron chi connectivity index (χ4n) is 3.80. The molecule has 3 unspecified atom stereocenters. The average Bonchev–Trinajstić information content (AvgIpc) is 2.74. The molecular weight excluding hydrogens is 396 g/mol. The Morgan fingerprint density at radius 1 is 1.17 bits per heavy atom. The van der Waals surface area contributed by atoms with E-state index in [1.807, 2.05) is 60.6 Å². The number of carbonyl (C=O) groups is 1. The highest BCUT2D eigenvalue weighted by Crippen LogP contribution is 2.40. The normalized spacial score (nSPS) is 20.3. The number of carbonyl (C=O) groups excluding carboxylic acids is 1. The van der Waals surface area contributed by atoms with Gasteiger partial charge in [0.1, 0.15) is 0 Å². The van der Waals surface area contributed by atoms with Crippen molar-refractivity contribution in [2.45, 2.75) is 67.9 Å². The molecule has 1 aliphatic carbocycles. The van der Waals surface area contributed by atoms with Crippen molar-refractivity contribution < 1.29 is 4.79 Å². The Hall–Kier alpha value is -1.46. The molecule has 0 bridgehead atoms. The van der Waals surface area contributed by atoms with Gasteiger partial charge in [0.05, 0.1) is 17.5 Å². The number of aromatic nitrogens is 1. The van der Waals surface area contributed by atoms with E-state index in [4.69, 9.17) is 0 Å². The predicted octanol–water partition coefficient (Wildman–Crippen LogP) is 6.05. The standard InChI is InChI=1S/C24H32N2OS2/c1-17-12-13-21(18(2)15-17)29-23-11-6-5-10-22(23)28-16-24(27)26(4)19(3)20-9-7-8-14-25-20/h7-9,12-15,19,22-23H,5-6,10-11,16H2,1-4H3. The van der Waals surface area contributed by atoms with E-state index in [9.17, 15) is 4.79 Å². The van der Waals surface area contributed by atoms with E-state index in [2.05, 4.69) is 37.0 Å². The number of benzene rings is 1. The Balaban J connectivity index is 1.58. The zero-order chi connectivity index (χ0) is 20.8. The van der Waals surface area contributed by atoms with Gasteiger partial charge < -0.3 is 4.90 Å². The molecule has 29 heavy (non-hydrogen) atoms. The lowest BCUT2D eigenvalue weighted by Crippen LogP contribution is -2.33. The lowest BCUT2D eigenvalue weighted by Gasteiger charge is -2.32. The van der Waals surface area contributed by atoms with Crippen LogP contribution in [0.5, 0.6) is 0 Å². The van der Waals surface area contributed by atoms with Gasteiger partial charge in [-0.1, -0.05) is 36.6 Å².